The number of sulfonamides is 1. The molecule has 0 aromatic carbocycles. The van der Waals surface area contributed by atoms with Crippen LogP contribution >= 0.6 is 0 Å². The Labute approximate surface area is 154 Å². The van der Waals surface area contributed by atoms with E-state index in [4.69, 9.17) is 4.74 Å². The molecule has 8 nitrogen and oxygen atoms in total. The second-order valence-corrected chi connectivity index (χ2v) is 9.38. The van der Waals surface area contributed by atoms with E-state index in [1.165, 1.54) is 6.26 Å². The molecular formula is C17H28N4O4S. The molecule has 0 aliphatic carbocycles. The van der Waals surface area contributed by atoms with E-state index in [2.05, 4.69) is 9.82 Å². The van der Waals surface area contributed by atoms with Gasteiger partial charge in [0, 0.05) is 32.4 Å². The summed E-state index contributed by atoms with van der Waals surface area (Å²) in [5.74, 6) is 0.363. The van der Waals surface area contributed by atoms with Crippen molar-refractivity contribution in [3.8, 4) is 0 Å². The van der Waals surface area contributed by atoms with Crippen LogP contribution in [0.4, 0.5) is 0 Å². The third kappa shape index (κ3) is 5.05. The zero-order valence-electron chi connectivity index (χ0n) is 15.5. The summed E-state index contributed by atoms with van der Waals surface area (Å²) in [6.45, 7) is 4.63. The molecule has 2 aliphatic heterocycles. The van der Waals surface area contributed by atoms with E-state index in [-0.39, 0.29) is 24.0 Å². The number of aromatic nitrogens is 2. The second kappa shape index (κ2) is 7.66. The highest BCUT2D eigenvalue weighted by Crippen LogP contribution is 2.37. The van der Waals surface area contributed by atoms with Gasteiger partial charge in [-0.2, -0.15) is 5.10 Å². The highest BCUT2D eigenvalue weighted by molar-refractivity contribution is 7.88. The van der Waals surface area contributed by atoms with Crippen LogP contribution in [-0.2, 0) is 26.1 Å². The maximum Gasteiger partial charge on any atom is 0.244 e. The highest BCUT2D eigenvalue weighted by atomic mass is 32.2. The molecule has 1 N–H and O–H groups in total. The van der Waals surface area contributed by atoms with Crippen molar-refractivity contribution in [1.29, 1.82) is 0 Å². The minimum Gasteiger partial charge on any atom is -0.375 e. The molecule has 1 aromatic heterocycles. The number of hydrogen-bond acceptors (Lipinski definition) is 5. The molecule has 1 unspecified atom stereocenters. The smallest absolute Gasteiger partial charge is 0.244 e. The number of rotatable bonds is 5. The standard InChI is InChI=1S/C17H28N4O4S/c1-14-3-7-21(19-14)13-16(22)20-8-5-17(6-9-20)11-15(4-10-25-17)12-18-26(2,23)24/h3,7,15,18H,4-6,8-13H2,1-2H3. The number of hydrogen-bond donors (Lipinski definition) is 1. The van der Waals surface area contributed by atoms with E-state index in [0.717, 1.165) is 31.4 Å². The molecule has 2 aliphatic rings. The second-order valence-electron chi connectivity index (χ2n) is 7.55. The van der Waals surface area contributed by atoms with Gasteiger partial charge in [-0.15, -0.1) is 0 Å². The summed E-state index contributed by atoms with van der Waals surface area (Å²) < 4.78 is 33.0. The van der Waals surface area contributed by atoms with Gasteiger partial charge in [0.15, 0.2) is 0 Å². The Morgan fingerprint density at radius 1 is 1.42 bits per heavy atom. The summed E-state index contributed by atoms with van der Waals surface area (Å²) in [7, 11) is -3.17. The Morgan fingerprint density at radius 2 is 2.15 bits per heavy atom. The number of amides is 1. The van der Waals surface area contributed by atoms with E-state index in [1.54, 1.807) is 4.68 Å². The number of piperidine rings is 1. The van der Waals surface area contributed by atoms with E-state index in [1.807, 2.05) is 24.1 Å². The van der Waals surface area contributed by atoms with Crippen molar-refractivity contribution in [1.82, 2.24) is 19.4 Å². The number of nitrogens with zero attached hydrogens (tertiary/aromatic N) is 3. The fourth-order valence-corrected chi connectivity index (χ4v) is 4.41. The summed E-state index contributed by atoms with van der Waals surface area (Å²) >= 11 is 0. The summed E-state index contributed by atoms with van der Waals surface area (Å²) in [5.41, 5.74) is 0.681. The van der Waals surface area contributed by atoms with Crippen LogP contribution < -0.4 is 4.72 Å². The minimum atomic E-state index is -3.17. The van der Waals surface area contributed by atoms with E-state index in [9.17, 15) is 13.2 Å². The largest absolute Gasteiger partial charge is 0.375 e. The summed E-state index contributed by atoms with van der Waals surface area (Å²) in [6.07, 6.45) is 6.32. The van der Waals surface area contributed by atoms with Gasteiger partial charge >= 0.3 is 0 Å². The Bertz CT molecular complexity index is 738. The maximum absolute atomic E-state index is 12.5. The zero-order chi connectivity index (χ0) is 18.8. The molecule has 2 saturated heterocycles. The third-order valence-electron chi connectivity index (χ3n) is 5.33. The van der Waals surface area contributed by atoms with Gasteiger partial charge in [-0.05, 0) is 44.6 Å². The molecule has 9 heteroatoms. The van der Waals surface area contributed by atoms with Crippen molar-refractivity contribution in [2.45, 2.75) is 44.8 Å². The van der Waals surface area contributed by atoms with Crippen molar-refractivity contribution in [3.05, 3.63) is 18.0 Å². The summed E-state index contributed by atoms with van der Waals surface area (Å²) in [5, 5.41) is 4.27. The topological polar surface area (TPSA) is 93.5 Å². The zero-order valence-corrected chi connectivity index (χ0v) is 16.3. The van der Waals surface area contributed by atoms with Crippen LogP contribution in [0.3, 0.4) is 0 Å². The fraction of sp³-hybridized carbons (Fsp3) is 0.765. The predicted octanol–water partition coefficient (Wildman–Crippen LogP) is 0.529. The van der Waals surface area contributed by atoms with Gasteiger partial charge in [-0.1, -0.05) is 0 Å². The maximum atomic E-state index is 12.5. The molecule has 0 saturated carbocycles. The van der Waals surface area contributed by atoms with Gasteiger partial charge in [0.25, 0.3) is 0 Å². The quantitative estimate of drug-likeness (QED) is 0.799. The predicted molar refractivity (Wildman–Crippen MR) is 97.0 cm³/mol. The average molecular weight is 385 g/mol. The van der Waals surface area contributed by atoms with Gasteiger partial charge in [-0.25, -0.2) is 13.1 Å². The molecule has 0 bridgehead atoms. The molecule has 146 valence electrons. The lowest BCUT2D eigenvalue weighted by Crippen LogP contribution is -2.52. The molecule has 2 fully saturated rings. The fourth-order valence-electron chi connectivity index (χ4n) is 3.87. The first-order valence-corrected chi connectivity index (χ1v) is 11.0. The monoisotopic (exact) mass is 384 g/mol. The van der Waals surface area contributed by atoms with Crippen LogP contribution in [0.15, 0.2) is 12.3 Å². The first-order valence-electron chi connectivity index (χ1n) is 9.11. The average Bonchev–Trinajstić information content (AvgIpc) is 2.98. The molecule has 3 rings (SSSR count). The molecule has 3 heterocycles. The Balaban J connectivity index is 1.51. The van der Waals surface area contributed by atoms with Gasteiger partial charge in [0.2, 0.25) is 15.9 Å². The lowest BCUT2D eigenvalue weighted by atomic mass is 9.79. The van der Waals surface area contributed by atoms with Crippen molar-refractivity contribution in [3.63, 3.8) is 0 Å². The highest BCUT2D eigenvalue weighted by Gasteiger charge is 2.41. The Kier molecular flexibility index (Phi) is 5.69. The van der Waals surface area contributed by atoms with Crippen molar-refractivity contribution in [2.24, 2.45) is 5.92 Å². The van der Waals surface area contributed by atoms with Crippen molar-refractivity contribution in [2.75, 3.05) is 32.5 Å². The van der Waals surface area contributed by atoms with E-state index in [0.29, 0.717) is 26.2 Å². The number of likely N-dealkylation sites (tertiary alicyclic amines) is 1. The van der Waals surface area contributed by atoms with Gasteiger partial charge < -0.3 is 9.64 Å². The minimum absolute atomic E-state index is 0.0778. The normalized spacial score (nSPS) is 23.3. The van der Waals surface area contributed by atoms with Crippen LogP contribution in [0.2, 0.25) is 0 Å². The third-order valence-corrected chi connectivity index (χ3v) is 6.02. The van der Waals surface area contributed by atoms with Gasteiger partial charge in [0.05, 0.1) is 17.6 Å². The lowest BCUT2D eigenvalue weighted by Gasteiger charge is -2.46. The van der Waals surface area contributed by atoms with E-state index < -0.39 is 10.0 Å². The molecule has 0 radical (unpaired) electrons. The Morgan fingerprint density at radius 3 is 2.77 bits per heavy atom. The van der Waals surface area contributed by atoms with E-state index >= 15 is 0 Å². The number of carbonyl (C=O) groups excluding carboxylic acids is 1. The van der Waals surface area contributed by atoms with Crippen molar-refractivity contribution >= 4 is 15.9 Å². The van der Waals surface area contributed by atoms with Crippen LogP contribution in [0.5, 0.6) is 0 Å². The molecule has 1 amide bonds. The van der Waals surface area contributed by atoms with Crippen LogP contribution in [0.1, 0.15) is 31.4 Å². The molecule has 1 aromatic rings. The number of aryl methyl sites for hydroxylation is 1. The van der Waals surface area contributed by atoms with Gasteiger partial charge in [-0.3, -0.25) is 9.48 Å². The molecular weight excluding hydrogens is 356 g/mol. The number of ether oxygens (including phenoxy) is 1. The van der Waals surface area contributed by atoms with Crippen LogP contribution in [0.25, 0.3) is 0 Å². The lowest BCUT2D eigenvalue weighted by molar-refractivity contribution is -0.147. The SMILES string of the molecule is Cc1ccn(CC(=O)N2CCC3(CC2)CC(CNS(C)(=O)=O)CCO3)n1. The van der Waals surface area contributed by atoms with Crippen LogP contribution in [-0.4, -0.2) is 67.1 Å². The van der Waals surface area contributed by atoms with Gasteiger partial charge in [0.1, 0.15) is 6.54 Å². The van der Waals surface area contributed by atoms with Crippen LogP contribution in [0, 0.1) is 12.8 Å². The first kappa shape index (κ1) is 19.3. The molecule has 26 heavy (non-hydrogen) atoms. The first-order chi connectivity index (χ1) is 12.2. The molecule has 1 spiro atoms. The summed E-state index contributed by atoms with van der Waals surface area (Å²) in [4.78, 5) is 14.4. The molecule has 1 atom stereocenters. The number of carbonyl (C=O) groups is 1. The van der Waals surface area contributed by atoms with Crippen molar-refractivity contribution < 1.29 is 17.9 Å². The Hall–Kier alpha value is -1.45. The number of nitrogens with one attached hydrogen (secondary N) is 1. The summed E-state index contributed by atoms with van der Waals surface area (Å²) in [6, 6.07) is 1.89.